The highest BCUT2D eigenvalue weighted by Gasteiger charge is 2.07. The van der Waals surface area contributed by atoms with Gasteiger partial charge in [-0.05, 0) is 18.1 Å². The second kappa shape index (κ2) is 13.1. The van der Waals surface area contributed by atoms with E-state index < -0.39 is 18.0 Å². The van der Waals surface area contributed by atoms with Crippen LogP contribution >= 0.6 is 0 Å². The smallest absolute Gasteiger partial charge is 0.414 e. The number of aliphatic carboxylic acids is 2. The van der Waals surface area contributed by atoms with Crippen molar-refractivity contribution in [2.24, 2.45) is 0 Å². The first kappa shape index (κ1) is 21.6. The number of allylic oxidation sites excluding steroid dienone is 1. The molecule has 0 aromatic heterocycles. The first-order chi connectivity index (χ1) is 11.4. The zero-order chi connectivity index (χ0) is 18.4. The predicted molar refractivity (Wildman–Crippen MR) is 87.1 cm³/mol. The summed E-state index contributed by atoms with van der Waals surface area (Å²) in [5.41, 5.74) is 1.06. The van der Waals surface area contributed by atoms with Crippen molar-refractivity contribution in [2.75, 3.05) is 26.3 Å². The molecule has 0 aliphatic rings. The quantitative estimate of drug-likeness (QED) is 0.238. The molecule has 0 aliphatic carbocycles. The van der Waals surface area contributed by atoms with Crippen LogP contribution in [0.25, 0.3) is 0 Å². The molecule has 134 valence electrons. The molecule has 8 nitrogen and oxygen atoms in total. The van der Waals surface area contributed by atoms with Crippen LogP contribution in [0.4, 0.5) is 0 Å². The third kappa shape index (κ3) is 10.3. The van der Waals surface area contributed by atoms with E-state index in [4.69, 9.17) is 29.6 Å². The molecule has 0 saturated carbocycles. The van der Waals surface area contributed by atoms with Crippen LogP contribution in [-0.4, -0.2) is 64.8 Å². The third-order valence-electron chi connectivity index (χ3n) is 2.62. The van der Waals surface area contributed by atoms with E-state index in [1.54, 1.807) is 0 Å². The molecule has 0 bridgehead atoms. The van der Waals surface area contributed by atoms with Crippen LogP contribution in [-0.2, 0) is 16.0 Å². The molecule has 0 saturated heterocycles. The minimum atomic E-state index is -1.82. The molecule has 0 spiro atoms. The van der Waals surface area contributed by atoms with Gasteiger partial charge >= 0.3 is 11.9 Å². The van der Waals surface area contributed by atoms with Crippen LogP contribution in [0.5, 0.6) is 5.75 Å². The Morgan fingerprint density at radius 1 is 1.25 bits per heavy atom. The van der Waals surface area contributed by atoms with E-state index in [1.165, 1.54) is 0 Å². The van der Waals surface area contributed by atoms with Crippen LogP contribution in [0.1, 0.15) is 5.56 Å². The van der Waals surface area contributed by atoms with Crippen LogP contribution in [0.15, 0.2) is 36.9 Å². The van der Waals surface area contributed by atoms with Gasteiger partial charge in [0.2, 0.25) is 0 Å². The van der Waals surface area contributed by atoms with Gasteiger partial charge in [0.1, 0.15) is 18.5 Å². The second-order valence-electron chi connectivity index (χ2n) is 4.60. The van der Waals surface area contributed by atoms with Gasteiger partial charge < -0.3 is 30.5 Å². The lowest BCUT2D eigenvalue weighted by Gasteiger charge is -2.14. The fourth-order valence-corrected chi connectivity index (χ4v) is 1.56. The Morgan fingerprint density at radius 2 is 1.88 bits per heavy atom. The highest BCUT2D eigenvalue weighted by atomic mass is 16.5. The number of para-hydroxylation sites is 1. The summed E-state index contributed by atoms with van der Waals surface area (Å²) >= 11 is 0. The molecule has 1 aromatic carbocycles. The number of hydrogen-bond acceptors (Lipinski definition) is 6. The summed E-state index contributed by atoms with van der Waals surface area (Å²) in [4.78, 5) is 18.2. The number of hydrogen-bond donors (Lipinski definition) is 5. The van der Waals surface area contributed by atoms with Gasteiger partial charge in [0.05, 0.1) is 6.61 Å². The molecule has 1 rings (SSSR count). The lowest BCUT2D eigenvalue weighted by Crippen LogP contribution is -2.33. The highest BCUT2D eigenvalue weighted by molar-refractivity contribution is 6.27. The van der Waals surface area contributed by atoms with Crippen molar-refractivity contribution >= 4 is 11.9 Å². The molecule has 0 heterocycles. The number of carbonyl (C=O) groups is 2. The van der Waals surface area contributed by atoms with Crippen LogP contribution < -0.4 is 10.1 Å². The van der Waals surface area contributed by atoms with Crippen molar-refractivity contribution in [3.05, 3.63) is 42.5 Å². The molecule has 1 unspecified atom stereocenters. The van der Waals surface area contributed by atoms with Gasteiger partial charge in [-0.2, -0.15) is 0 Å². The SMILES string of the molecule is C=CCc1ccccc1OCC(O)CNCCO.O=C(O)C(=O)O. The molecule has 5 N–H and O–H groups in total. The number of aliphatic hydroxyl groups excluding tert-OH is 2. The van der Waals surface area contributed by atoms with Gasteiger partial charge in [0.15, 0.2) is 0 Å². The minimum Gasteiger partial charge on any atom is -0.491 e. The Hall–Kier alpha value is -2.42. The largest absolute Gasteiger partial charge is 0.491 e. The fourth-order valence-electron chi connectivity index (χ4n) is 1.56. The Morgan fingerprint density at radius 3 is 2.42 bits per heavy atom. The van der Waals surface area contributed by atoms with Crippen molar-refractivity contribution in [1.29, 1.82) is 0 Å². The number of benzene rings is 1. The van der Waals surface area contributed by atoms with Crippen molar-refractivity contribution in [3.8, 4) is 5.75 Å². The molecule has 0 aliphatic heterocycles. The zero-order valence-corrected chi connectivity index (χ0v) is 13.2. The molecule has 0 radical (unpaired) electrons. The van der Waals surface area contributed by atoms with Crippen molar-refractivity contribution in [2.45, 2.75) is 12.5 Å². The van der Waals surface area contributed by atoms with Gasteiger partial charge in [-0.1, -0.05) is 24.3 Å². The zero-order valence-electron chi connectivity index (χ0n) is 13.2. The van der Waals surface area contributed by atoms with E-state index in [2.05, 4.69) is 11.9 Å². The normalized spacial score (nSPS) is 10.9. The third-order valence-corrected chi connectivity index (χ3v) is 2.62. The summed E-state index contributed by atoms with van der Waals surface area (Å²) in [5.74, 6) is -2.87. The number of carboxylic acids is 2. The molecule has 24 heavy (non-hydrogen) atoms. The first-order valence-electron chi connectivity index (χ1n) is 7.19. The monoisotopic (exact) mass is 341 g/mol. The lowest BCUT2D eigenvalue weighted by molar-refractivity contribution is -0.159. The molecule has 0 fully saturated rings. The molecule has 1 atom stereocenters. The number of aliphatic hydroxyl groups is 2. The topological polar surface area (TPSA) is 136 Å². The second-order valence-corrected chi connectivity index (χ2v) is 4.60. The minimum absolute atomic E-state index is 0.0652. The van der Waals surface area contributed by atoms with E-state index in [1.807, 2.05) is 30.3 Å². The first-order valence-corrected chi connectivity index (χ1v) is 7.19. The Balaban J connectivity index is 0.000000754. The van der Waals surface area contributed by atoms with E-state index in [0.29, 0.717) is 13.1 Å². The predicted octanol–water partition coefficient (Wildman–Crippen LogP) is -0.108. The molecule has 8 heteroatoms. The van der Waals surface area contributed by atoms with Crippen molar-refractivity contribution in [3.63, 3.8) is 0 Å². The van der Waals surface area contributed by atoms with Crippen molar-refractivity contribution < 1.29 is 34.8 Å². The molecular weight excluding hydrogens is 318 g/mol. The summed E-state index contributed by atoms with van der Waals surface area (Å²) in [6, 6.07) is 7.71. The lowest BCUT2D eigenvalue weighted by atomic mass is 10.1. The van der Waals surface area contributed by atoms with Gasteiger partial charge in [0.25, 0.3) is 0 Å². The average molecular weight is 341 g/mol. The Labute approximate surface area is 140 Å². The van der Waals surface area contributed by atoms with Gasteiger partial charge in [-0.3, -0.25) is 0 Å². The van der Waals surface area contributed by atoms with E-state index in [-0.39, 0.29) is 13.2 Å². The number of carboxylic acid groups (broad SMARTS) is 2. The summed E-state index contributed by atoms with van der Waals surface area (Å²) in [5, 5.41) is 36.0. The summed E-state index contributed by atoms with van der Waals surface area (Å²) in [6.45, 7) is 4.88. The maximum absolute atomic E-state index is 9.67. The van der Waals surface area contributed by atoms with Crippen LogP contribution in [0.3, 0.4) is 0 Å². The van der Waals surface area contributed by atoms with Crippen molar-refractivity contribution in [1.82, 2.24) is 5.32 Å². The Bertz CT molecular complexity index is 507. The van der Waals surface area contributed by atoms with Gasteiger partial charge in [0, 0.05) is 13.1 Å². The highest BCUT2D eigenvalue weighted by Crippen LogP contribution is 2.18. The molecule has 1 aromatic rings. The van der Waals surface area contributed by atoms with Crippen LogP contribution in [0, 0.1) is 0 Å². The Kier molecular flexibility index (Phi) is 11.7. The fraction of sp³-hybridized carbons (Fsp3) is 0.375. The van der Waals surface area contributed by atoms with E-state index in [9.17, 15) is 5.11 Å². The number of rotatable bonds is 9. The van der Waals surface area contributed by atoms with E-state index >= 15 is 0 Å². The van der Waals surface area contributed by atoms with Gasteiger partial charge in [-0.15, -0.1) is 6.58 Å². The summed E-state index contributed by atoms with van der Waals surface area (Å²) in [7, 11) is 0. The number of nitrogens with one attached hydrogen (secondary N) is 1. The summed E-state index contributed by atoms with van der Waals surface area (Å²) < 4.78 is 5.58. The number of ether oxygens (including phenoxy) is 1. The standard InChI is InChI=1S/C14H21NO3.C2H2O4/c1-2-5-12-6-3-4-7-14(12)18-11-13(17)10-15-8-9-16;3-1(4)2(5)6/h2-4,6-7,13,15-17H,1,5,8-11H2;(H,3,4)(H,5,6). The van der Waals surface area contributed by atoms with E-state index in [0.717, 1.165) is 17.7 Å². The van der Waals surface area contributed by atoms with Gasteiger partial charge in [-0.25, -0.2) is 9.59 Å². The van der Waals surface area contributed by atoms with Crippen LogP contribution in [0.2, 0.25) is 0 Å². The molecule has 0 amide bonds. The maximum atomic E-state index is 9.67. The maximum Gasteiger partial charge on any atom is 0.414 e. The molecular formula is C16H23NO7. The average Bonchev–Trinajstić information content (AvgIpc) is 2.55. The summed E-state index contributed by atoms with van der Waals surface area (Å²) in [6.07, 6.45) is 1.98.